The van der Waals surface area contributed by atoms with Crippen LogP contribution in [0.2, 0.25) is 0 Å². The van der Waals surface area contributed by atoms with E-state index in [2.05, 4.69) is 49.6 Å². The molecule has 1 aromatic carbocycles. The third-order valence-electron chi connectivity index (χ3n) is 3.76. The molecule has 0 N–H and O–H groups in total. The zero-order valence-electron chi connectivity index (χ0n) is 11.6. The second kappa shape index (κ2) is 5.90. The quantitative estimate of drug-likeness (QED) is 0.751. The van der Waals surface area contributed by atoms with Crippen molar-refractivity contribution in [2.24, 2.45) is 0 Å². The summed E-state index contributed by atoms with van der Waals surface area (Å²) in [6, 6.07) is 6.47. The van der Waals surface area contributed by atoms with Crippen molar-refractivity contribution in [3.8, 4) is 0 Å². The van der Waals surface area contributed by atoms with Gasteiger partial charge in [0.25, 0.3) is 0 Å². The molecule has 0 aromatic heterocycles. The molecule has 0 spiro atoms. The van der Waals surface area contributed by atoms with Gasteiger partial charge in [-0.1, -0.05) is 37.8 Å². The van der Waals surface area contributed by atoms with Crippen LogP contribution in [0.5, 0.6) is 0 Å². The van der Waals surface area contributed by atoms with Gasteiger partial charge >= 0.3 is 0 Å². The van der Waals surface area contributed by atoms with Gasteiger partial charge in [0.1, 0.15) is 0 Å². The van der Waals surface area contributed by atoms with E-state index >= 15 is 0 Å². The number of benzene rings is 1. The van der Waals surface area contributed by atoms with Crippen molar-refractivity contribution in [2.75, 3.05) is 13.1 Å². The Kier molecular flexibility index (Phi) is 4.24. The molecule has 0 atom stereocenters. The van der Waals surface area contributed by atoms with Gasteiger partial charge < -0.3 is 4.90 Å². The molecule has 1 aromatic rings. The number of hydrogen-bond donors (Lipinski definition) is 0. The molecule has 1 aliphatic heterocycles. The Morgan fingerprint density at radius 2 is 2.06 bits per heavy atom. The standard InChI is InChI=1S/C17H23N/c1-4-16(18-11-6-7-12-18)13-15-10-8-9-14(3)17(15)5-2/h5,8-10,13H,2,4,6-7,11-12H2,1,3H3/b16-13+. The monoisotopic (exact) mass is 241 g/mol. The summed E-state index contributed by atoms with van der Waals surface area (Å²) in [7, 11) is 0. The molecule has 0 saturated carbocycles. The van der Waals surface area contributed by atoms with Gasteiger partial charge in [0.2, 0.25) is 0 Å². The van der Waals surface area contributed by atoms with Gasteiger partial charge in [-0.25, -0.2) is 0 Å². The maximum Gasteiger partial charge on any atom is 0.0175 e. The Labute approximate surface area is 111 Å². The molecule has 1 aliphatic rings. The minimum atomic E-state index is 1.10. The molecular weight excluding hydrogens is 218 g/mol. The van der Waals surface area contributed by atoms with Gasteiger partial charge in [-0.05, 0) is 49.0 Å². The Morgan fingerprint density at radius 1 is 1.33 bits per heavy atom. The maximum absolute atomic E-state index is 3.94. The highest BCUT2D eigenvalue weighted by Gasteiger charge is 2.13. The average Bonchev–Trinajstić information content (AvgIpc) is 2.89. The third-order valence-corrected chi connectivity index (χ3v) is 3.76. The van der Waals surface area contributed by atoms with E-state index in [1.54, 1.807) is 0 Å². The largest absolute Gasteiger partial charge is 0.375 e. The van der Waals surface area contributed by atoms with Crippen LogP contribution in [-0.4, -0.2) is 18.0 Å². The Bertz CT molecular complexity index is 451. The first-order chi connectivity index (χ1) is 8.76. The van der Waals surface area contributed by atoms with Crippen molar-refractivity contribution in [3.05, 3.63) is 47.2 Å². The molecule has 18 heavy (non-hydrogen) atoms. The van der Waals surface area contributed by atoms with E-state index in [1.165, 1.54) is 48.3 Å². The SMILES string of the molecule is C=Cc1c(C)cccc1/C=C(\CC)N1CCCC1. The Morgan fingerprint density at radius 3 is 2.67 bits per heavy atom. The summed E-state index contributed by atoms with van der Waals surface area (Å²) in [5.41, 5.74) is 5.33. The zero-order valence-corrected chi connectivity index (χ0v) is 11.6. The first kappa shape index (κ1) is 12.9. The molecule has 2 rings (SSSR count). The van der Waals surface area contributed by atoms with Gasteiger partial charge in [-0.15, -0.1) is 0 Å². The summed E-state index contributed by atoms with van der Waals surface area (Å²) in [4.78, 5) is 2.52. The Balaban J connectivity index is 2.35. The lowest BCUT2D eigenvalue weighted by molar-refractivity contribution is 0.417. The molecular formula is C17H23N. The maximum atomic E-state index is 3.94. The van der Waals surface area contributed by atoms with Gasteiger partial charge in [0, 0.05) is 18.8 Å². The van der Waals surface area contributed by atoms with Crippen LogP contribution in [0, 0.1) is 6.92 Å². The van der Waals surface area contributed by atoms with Crippen LogP contribution >= 0.6 is 0 Å². The smallest absolute Gasteiger partial charge is 0.0175 e. The first-order valence-corrected chi connectivity index (χ1v) is 6.94. The van der Waals surface area contributed by atoms with Crippen LogP contribution in [-0.2, 0) is 0 Å². The number of likely N-dealkylation sites (tertiary alicyclic amines) is 1. The van der Waals surface area contributed by atoms with Crippen molar-refractivity contribution < 1.29 is 0 Å². The minimum Gasteiger partial charge on any atom is -0.375 e. The number of nitrogens with zero attached hydrogens (tertiary/aromatic N) is 1. The van der Waals surface area contributed by atoms with E-state index in [0.29, 0.717) is 0 Å². The second-order valence-electron chi connectivity index (χ2n) is 4.97. The van der Waals surface area contributed by atoms with Crippen molar-refractivity contribution in [1.29, 1.82) is 0 Å². The highest BCUT2D eigenvalue weighted by molar-refractivity contribution is 5.68. The van der Waals surface area contributed by atoms with Crippen molar-refractivity contribution in [2.45, 2.75) is 33.1 Å². The molecule has 0 amide bonds. The normalized spacial score (nSPS) is 16.1. The molecule has 1 nitrogen and oxygen atoms in total. The van der Waals surface area contributed by atoms with E-state index in [9.17, 15) is 0 Å². The second-order valence-corrected chi connectivity index (χ2v) is 4.97. The van der Waals surface area contributed by atoms with Gasteiger partial charge in [0.05, 0.1) is 0 Å². The average molecular weight is 241 g/mol. The van der Waals surface area contributed by atoms with Crippen LogP contribution in [0.25, 0.3) is 12.2 Å². The number of aryl methyl sites for hydroxylation is 1. The predicted molar refractivity (Wildman–Crippen MR) is 80.3 cm³/mol. The van der Waals surface area contributed by atoms with Crippen LogP contribution in [0.1, 0.15) is 42.9 Å². The zero-order chi connectivity index (χ0) is 13.0. The van der Waals surface area contributed by atoms with Crippen LogP contribution < -0.4 is 0 Å². The van der Waals surface area contributed by atoms with Crippen LogP contribution in [0.3, 0.4) is 0 Å². The minimum absolute atomic E-state index is 1.10. The van der Waals surface area contributed by atoms with E-state index in [-0.39, 0.29) is 0 Å². The number of allylic oxidation sites excluding steroid dienone is 1. The summed E-state index contributed by atoms with van der Waals surface area (Å²) >= 11 is 0. The molecule has 1 heterocycles. The molecule has 0 unspecified atom stereocenters. The number of rotatable bonds is 4. The first-order valence-electron chi connectivity index (χ1n) is 6.94. The van der Waals surface area contributed by atoms with E-state index in [4.69, 9.17) is 0 Å². The summed E-state index contributed by atoms with van der Waals surface area (Å²) in [5, 5.41) is 0. The molecule has 1 saturated heterocycles. The van der Waals surface area contributed by atoms with Gasteiger partial charge in [-0.2, -0.15) is 0 Å². The highest BCUT2D eigenvalue weighted by atomic mass is 15.1. The molecule has 1 fully saturated rings. The van der Waals surface area contributed by atoms with E-state index < -0.39 is 0 Å². The van der Waals surface area contributed by atoms with E-state index in [1.807, 2.05) is 6.08 Å². The summed E-state index contributed by atoms with van der Waals surface area (Å²) in [5.74, 6) is 0. The topological polar surface area (TPSA) is 3.24 Å². The summed E-state index contributed by atoms with van der Waals surface area (Å²) in [6.45, 7) is 10.8. The van der Waals surface area contributed by atoms with Crippen LogP contribution in [0.4, 0.5) is 0 Å². The van der Waals surface area contributed by atoms with Crippen molar-refractivity contribution in [3.63, 3.8) is 0 Å². The molecule has 0 aliphatic carbocycles. The lowest BCUT2D eigenvalue weighted by Crippen LogP contribution is -2.17. The Hall–Kier alpha value is -1.50. The van der Waals surface area contributed by atoms with Crippen molar-refractivity contribution >= 4 is 12.2 Å². The highest BCUT2D eigenvalue weighted by Crippen LogP contribution is 2.23. The van der Waals surface area contributed by atoms with Gasteiger partial charge in [-0.3, -0.25) is 0 Å². The summed E-state index contributed by atoms with van der Waals surface area (Å²) < 4.78 is 0. The van der Waals surface area contributed by atoms with Crippen molar-refractivity contribution in [1.82, 2.24) is 4.90 Å². The fraction of sp³-hybridized carbons (Fsp3) is 0.412. The third kappa shape index (κ3) is 2.66. The fourth-order valence-corrected chi connectivity index (χ4v) is 2.71. The molecule has 0 radical (unpaired) electrons. The summed E-state index contributed by atoms with van der Waals surface area (Å²) in [6.07, 6.45) is 8.08. The van der Waals surface area contributed by atoms with Gasteiger partial charge in [0.15, 0.2) is 0 Å². The van der Waals surface area contributed by atoms with E-state index in [0.717, 1.165) is 6.42 Å². The molecule has 1 heteroatoms. The molecule has 96 valence electrons. The predicted octanol–water partition coefficient (Wildman–Crippen LogP) is 4.48. The fourth-order valence-electron chi connectivity index (χ4n) is 2.71. The lowest BCUT2D eigenvalue weighted by Gasteiger charge is -2.21. The van der Waals surface area contributed by atoms with Crippen LogP contribution in [0.15, 0.2) is 30.5 Å². The molecule has 0 bridgehead atoms. The lowest BCUT2D eigenvalue weighted by atomic mass is 10.0. The number of hydrogen-bond acceptors (Lipinski definition) is 1.